The van der Waals surface area contributed by atoms with Gasteiger partial charge >= 0.3 is 0 Å². The van der Waals surface area contributed by atoms with Gasteiger partial charge in [-0.25, -0.2) is 4.39 Å². The Bertz CT molecular complexity index is 538. The van der Waals surface area contributed by atoms with Crippen molar-refractivity contribution in [3.63, 3.8) is 0 Å². The highest BCUT2D eigenvalue weighted by Crippen LogP contribution is 2.32. The van der Waals surface area contributed by atoms with Crippen molar-refractivity contribution in [3.8, 4) is 0 Å². The molecule has 1 fully saturated rings. The number of amides is 2. The second-order valence-electron chi connectivity index (χ2n) is 4.98. The molecule has 0 heterocycles. The second-order valence-corrected chi connectivity index (χ2v) is 4.98. The van der Waals surface area contributed by atoms with Crippen LogP contribution in [0.1, 0.15) is 12.8 Å². The third kappa shape index (κ3) is 5.35. The van der Waals surface area contributed by atoms with Crippen molar-refractivity contribution in [2.24, 2.45) is 5.92 Å². The Hall–Kier alpha value is -2.21. The smallest absolute Gasteiger partial charge is 0.248 e. The molecule has 2 amide bonds. The molecule has 1 aromatic carbocycles. The van der Waals surface area contributed by atoms with Crippen molar-refractivity contribution >= 4 is 17.5 Å². The molecule has 0 bridgehead atoms. The predicted octanol–water partition coefficient (Wildman–Crippen LogP) is 1.21. The zero-order valence-electron chi connectivity index (χ0n) is 11.4. The van der Waals surface area contributed by atoms with Gasteiger partial charge in [0.25, 0.3) is 0 Å². The van der Waals surface area contributed by atoms with Crippen LogP contribution in [0.3, 0.4) is 0 Å². The van der Waals surface area contributed by atoms with Gasteiger partial charge in [0.1, 0.15) is 5.82 Å². The van der Waals surface area contributed by atoms with Crippen LogP contribution in [0.2, 0.25) is 0 Å². The molecule has 1 unspecified atom stereocenters. The molecule has 1 aliphatic carbocycles. The first-order valence-electron chi connectivity index (χ1n) is 6.75. The molecule has 1 aromatic rings. The number of benzene rings is 1. The Balaban J connectivity index is 1.72. The Morgan fingerprint density at radius 1 is 1.24 bits per heavy atom. The summed E-state index contributed by atoms with van der Waals surface area (Å²) in [5, 5.41) is 14.6. The predicted molar refractivity (Wildman–Crippen MR) is 75.9 cm³/mol. The van der Waals surface area contributed by atoms with E-state index in [1.165, 1.54) is 24.3 Å². The summed E-state index contributed by atoms with van der Waals surface area (Å²) in [6.45, 7) is 0.188. The van der Waals surface area contributed by atoms with Crippen molar-refractivity contribution in [2.45, 2.75) is 18.9 Å². The van der Waals surface area contributed by atoms with E-state index in [4.69, 9.17) is 0 Å². The molecule has 6 heteroatoms. The van der Waals surface area contributed by atoms with Crippen LogP contribution in [-0.2, 0) is 9.59 Å². The standard InChI is InChI=1S/C15H17FN2O3/c16-11-3-5-12(6-4-11)18-15(21)8-7-14(20)17-9-13(19)10-1-2-10/h3-8,10,13,19H,1-2,9H2,(H,17,20)(H,18,21)/b8-7+. The number of carbonyl (C=O) groups excluding carboxylic acids is 2. The summed E-state index contributed by atoms with van der Waals surface area (Å²) in [5.41, 5.74) is 0.440. The van der Waals surface area contributed by atoms with E-state index in [-0.39, 0.29) is 12.5 Å². The van der Waals surface area contributed by atoms with E-state index >= 15 is 0 Å². The molecule has 0 aromatic heterocycles. The Labute approximate surface area is 121 Å². The van der Waals surface area contributed by atoms with Crippen molar-refractivity contribution in [1.29, 1.82) is 0 Å². The fraction of sp³-hybridized carbons (Fsp3) is 0.333. The SMILES string of the molecule is O=C(/C=C/C(=O)Nc1ccc(F)cc1)NCC(O)C1CC1. The zero-order valence-corrected chi connectivity index (χ0v) is 11.4. The summed E-state index contributed by atoms with van der Waals surface area (Å²) in [5.74, 6) is -1.03. The number of aliphatic hydroxyl groups is 1. The summed E-state index contributed by atoms with van der Waals surface area (Å²) < 4.78 is 12.7. The average molecular weight is 292 g/mol. The van der Waals surface area contributed by atoms with E-state index in [1.807, 2.05) is 0 Å². The fourth-order valence-corrected chi connectivity index (χ4v) is 1.78. The maximum atomic E-state index is 12.7. The molecule has 1 aliphatic rings. The lowest BCUT2D eigenvalue weighted by molar-refractivity contribution is -0.117. The fourth-order valence-electron chi connectivity index (χ4n) is 1.78. The van der Waals surface area contributed by atoms with Crippen LogP contribution in [0.5, 0.6) is 0 Å². The van der Waals surface area contributed by atoms with E-state index < -0.39 is 23.7 Å². The quantitative estimate of drug-likeness (QED) is 0.690. The molecule has 3 N–H and O–H groups in total. The minimum absolute atomic E-state index is 0.188. The maximum absolute atomic E-state index is 12.7. The van der Waals surface area contributed by atoms with Crippen LogP contribution < -0.4 is 10.6 Å². The number of aliphatic hydroxyl groups excluding tert-OH is 1. The molecule has 0 radical (unpaired) electrons. The minimum Gasteiger partial charge on any atom is -0.391 e. The summed E-state index contributed by atoms with van der Waals surface area (Å²) in [6.07, 6.45) is 3.65. The van der Waals surface area contributed by atoms with Crippen LogP contribution in [0.25, 0.3) is 0 Å². The van der Waals surface area contributed by atoms with Gasteiger partial charge in [-0.3, -0.25) is 9.59 Å². The molecule has 1 saturated carbocycles. The highest BCUT2D eigenvalue weighted by molar-refractivity contribution is 6.03. The summed E-state index contributed by atoms with van der Waals surface area (Å²) >= 11 is 0. The molecule has 21 heavy (non-hydrogen) atoms. The Morgan fingerprint density at radius 3 is 2.48 bits per heavy atom. The molecule has 112 valence electrons. The average Bonchev–Trinajstić information content (AvgIpc) is 3.29. The monoisotopic (exact) mass is 292 g/mol. The van der Waals surface area contributed by atoms with Crippen LogP contribution in [0.4, 0.5) is 10.1 Å². The first-order valence-corrected chi connectivity index (χ1v) is 6.75. The number of rotatable bonds is 6. The first-order chi connectivity index (χ1) is 10.0. The summed E-state index contributed by atoms with van der Waals surface area (Å²) in [7, 11) is 0. The molecule has 0 spiro atoms. The Kier molecular flexibility index (Phi) is 5.05. The maximum Gasteiger partial charge on any atom is 0.248 e. The molecule has 0 aliphatic heterocycles. The van der Waals surface area contributed by atoms with Gasteiger partial charge in [0, 0.05) is 24.4 Å². The van der Waals surface area contributed by atoms with Gasteiger partial charge in [0.05, 0.1) is 6.10 Å². The van der Waals surface area contributed by atoms with Gasteiger partial charge in [0.15, 0.2) is 0 Å². The van der Waals surface area contributed by atoms with Crippen LogP contribution in [-0.4, -0.2) is 29.6 Å². The lowest BCUT2D eigenvalue weighted by Gasteiger charge is -2.08. The highest BCUT2D eigenvalue weighted by Gasteiger charge is 2.29. The van der Waals surface area contributed by atoms with Crippen molar-refractivity contribution in [2.75, 3.05) is 11.9 Å². The van der Waals surface area contributed by atoms with E-state index in [2.05, 4.69) is 10.6 Å². The lowest BCUT2D eigenvalue weighted by atomic mass is 10.2. The van der Waals surface area contributed by atoms with Gasteiger partial charge in [-0.1, -0.05) is 0 Å². The third-order valence-corrected chi connectivity index (χ3v) is 3.15. The van der Waals surface area contributed by atoms with Crippen LogP contribution in [0, 0.1) is 11.7 Å². The number of hydrogen-bond donors (Lipinski definition) is 3. The van der Waals surface area contributed by atoms with Crippen molar-refractivity contribution in [1.82, 2.24) is 5.32 Å². The number of carbonyl (C=O) groups is 2. The van der Waals surface area contributed by atoms with Gasteiger partial charge in [0.2, 0.25) is 11.8 Å². The first kappa shape index (κ1) is 15.2. The molecular formula is C15H17FN2O3. The Morgan fingerprint density at radius 2 is 1.86 bits per heavy atom. The van der Waals surface area contributed by atoms with Gasteiger partial charge in [-0.2, -0.15) is 0 Å². The van der Waals surface area contributed by atoms with E-state index in [1.54, 1.807) is 0 Å². The highest BCUT2D eigenvalue weighted by atomic mass is 19.1. The number of halogens is 1. The summed E-state index contributed by atoms with van der Waals surface area (Å²) in [6, 6.07) is 5.30. The lowest BCUT2D eigenvalue weighted by Crippen LogP contribution is -2.32. The van der Waals surface area contributed by atoms with E-state index in [9.17, 15) is 19.1 Å². The number of hydrogen-bond acceptors (Lipinski definition) is 3. The topological polar surface area (TPSA) is 78.4 Å². The molecular weight excluding hydrogens is 275 g/mol. The second kappa shape index (κ2) is 6.99. The molecule has 0 saturated heterocycles. The number of nitrogens with one attached hydrogen (secondary N) is 2. The molecule has 2 rings (SSSR count). The van der Waals surface area contributed by atoms with Crippen molar-refractivity contribution < 1.29 is 19.1 Å². The van der Waals surface area contributed by atoms with E-state index in [0.29, 0.717) is 5.69 Å². The van der Waals surface area contributed by atoms with Crippen LogP contribution in [0.15, 0.2) is 36.4 Å². The summed E-state index contributed by atoms with van der Waals surface area (Å²) in [4.78, 5) is 23.0. The largest absolute Gasteiger partial charge is 0.391 e. The zero-order chi connectivity index (χ0) is 15.2. The van der Waals surface area contributed by atoms with Gasteiger partial charge in [-0.05, 0) is 43.0 Å². The third-order valence-electron chi connectivity index (χ3n) is 3.15. The van der Waals surface area contributed by atoms with Gasteiger partial charge in [-0.15, -0.1) is 0 Å². The number of anilines is 1. The van der Waals surface area contributed by atoms with E-state index in [0.717, 1.165) is 25.0 Å². The molecule has 5 nitrogen and oxygen atoms in total. The normalized spacial score (nSPS) is 15.7. The minimum atomic E-state index is -0.518. The van der Waals surface area contributed by atoms with Gasteiger partial charge < -0.3 is 15.7 Å². The van der Waals surface area contributed by atoms with Crippen LogP contribution >= 0.6 is 0 Å². The van der Waals surface area contributed by atoms with Crippen molar-refractivity contribution in [3.05, 3.63) is 42.2 Å². The molecule has 1 atom stereocenters.